The summed E-state index contributed by atoms with van der Waals surface area (Å²) in [6.07, 6.45) is 0. The Morgan fingerprint density at radius 3 is 1.15 bits per heavy atom. The van der Waals surface area contributed by atoms with Crippen molar-refractivity contribution in [2.45, 2.75) is 6.92 Å². The molecule has 3 heterocycles. The third kappa shape index (κ3) is 3.30. The van der Waals surface area contributed by atoms with Gasteiger partial charge in [-0.05, 0) is 31.2 Å². The maximum atomic E-state index is 5.17. The molecule has 8 aromatic rings. The Bertz CT molecular complexity index is 1950. The second-order valence-electron chi connectivity index (χ2n) is 9.86. The highest BCUT2D eigenvalue weighted by atomic mass is 15.3. The smallest absolute Gasteiger partial charge is 0.240 e. The summed E-state index contributed by atoms with van der Waals surface area (Å²) >= 11 is 0. The van der Waals surface area contributed by atoms with Gasteiger partial charge in [-0.25, -0.2) is 0 Å². The number of aryl methyl sites for hydroxylation is 1. The van der Waals surface area contributed by atoms with Crippen molar-refractivity contribution >= 4 is 43.6 Å². The largest absolute Gasteiger partial charge is 0.278 e. The molecule has 0 bridgehead atoms. The van der Waals surface area contributed by atoms with E-state index < -0.39 is 0 Å². The fourth-order valence-electron chi connectivity index (χ4n) is 5.66. The third-order valence-corrected chi connectivity index (χ3v) is 7.48. The van der Waals surface area contributed by atoms with E-state index in [-0.39, 0.29) is 0 Å². The van der Waals surface area contributed by atoms with Crippen LogP contribution in [0.25, 0.3) is 66.9 Å². The van der Waals surface area contributed by atoms with Crippen LogP contribution in [-0.2, 0) is 0 Å². The van der Waals surface area contributed by atoms with Crippen molar-refractivity contribution in [2.75, 3.05) is 0 Å². The third-order valence-electron chi connectivity index (χ3n) is 7.48. The maximum Gasteiger partial charge on any atom is 0.240 e. The fourth-order valence-corrected chi connectivity index (χ4v) is 5.66. The molecule has 0 amide bonds. The Morgan fingerprint density at radius 2 is 0.769 bits per heavy atom. The predicted molar refractivity (Wildman–Crippen MR) is 159 cm³/mol. The zero-order valence-electron chi connectivity index (χ0n) is 21.3. The van der Waals surface area contributed by atoms with Gasteiger partial charge in [0.1, 0.15) is 0 Å². The number of fused-ring (bicyclic) bond motifs is 6. The Hall–Kier alpha value is -5.29. The van der Waals surface area contributed by atoms with E-state index in [1.54, 1.807) is 0 Å². The Balaban J connectivity index is 1.50. The second kappa shape index (κ2) is 8.36. The van der Waals surface area contributed by atoms with Gasteiger partial charge in [-0.2, -0.15) is 15.0 Å². The van der Waals surface area contributed by atoms with E-state index in [1.165, 1.54) is 27.1 Å². The van der Waals surface area contributed by atoms with Crippen LogP contribution in [0.4, 0.5) is 0 Å². The van der Waals surface area contributed by atoms with E-state index in [0.717, 1.165) is 27.6 Å². The van der Waals surface area contributed by atoms with Gasteiger partial charge >= 0.3 is 0 Å². The van der Waals surface area contributed by atoms with E-state index in [2.05, 4.69) is 137 Å². The lowest BCUT2D eigenvalue weighted by Crippen LogP contribution is -2.10. The van der Waals surface area contributed by atoms with Gasteiger partial charge < -0.3 is 0 Å². The summed E-state index contributed by atoms with van der Waals surface area (Å²) < 4.78 is 4.31. The molecule has 39 heavy (non-hydrogen) atoms. The number of nitrogens with zero attached hydrogens (tertiary/aromatic N) is 5. The van der Waals surface area contributed by atoms with Crippen molar-refractivity contribution in [2.24, 2.45) is 0 Å². The van der Waals surface area contributed by atoms with E-state index in [4.69, 9.17) is 15.0 Å². The molecule has 0 atom stereocenters. The Kier molecular flexibility index (Phi) is 4.67. The van der Waals surface area contributed by atoms with Crippen LogP contribution in [0.1, 0.15) is 5.56 Å². The highest BCUT2D eigenvalue weighted by Crippen LogP contribution is 2.34. The van der Waals surface area contributed by atoms with Crippen LogP contribution in [-0.4, -0.2) is 24.1 Å². The molecule has 0 N–H and O–H groups in total. The van der Waals surface area contributed by atoms with Gasteiger partial charge in [-0.15, -0.1) is 0 Å². The molecular weight excluding hydrogens is 478 g/mol. The van der Waals surface area contributed by atoms with Crippen LogP contribution in [0.3, 0.4) is 0 Å². The number of rotatable bonds is 3. The van der Waals surface area contributed by atoms with Gasteiger partial charge in [0.25, 0.3) is 0 Å². The van der Waals surface area contributed by atoms with Crippen molar-refractivity contribution in [3.63, 3.8) is 0 Å². The minimum absolute atomic E-state index is 0.592. The average Bonchev–Trinajstić information content (AvgIpc) is 3.51. The van der Waals surface area contributed by atoms with Gasteiger partial charge in [0.05, 0.1) is 22.1 Å². The van der Waals surface area contributed by atoms with E-state index >= 15 is 0 Å². The van der Waals surface area contributed by atoms with Crippen LogP contribution in [0.15, 0.2) is 121 Å². The molecule has 5 aromatic carbocycles. The molecule has 0 radical (unpaired) electrons. The quantitative estimate of drug-likeness (QED) is 0.246. The molecule has 0 saturated carbocycles. The summed E-state index contributed by atoms with van der Waals surface area (Å²) in [5.41, 5.74) is 6.40. The van der Waals surface area contributed by atoms with E-state index in [0.29, 0.717) is 17.7 Å². The molecule has 184 valence electrons. The molecule has 0 aliphatic carbocycles. The SMILES string of the molecule is Cc1ccc(-c2nc(-n3c4ccccc4c4ccccc43)nc(-n3c4ccccc4c4ccccc43)n2)cc1. The molecule has 0 aliphatic heterocycles. The molecule has 0 aliphatic rings. The lowest BCUT2D eigenvalue weighted by atomic mass is 10.1. The fraction of sp³-hybridized carbons (Fsp3) is 0.0294. The van der Waals surface area contributed by atoms with Crippen molar-refractivity contribution in [1.82, 2.24) is 24.1 Å². The number of hydrogen-bond donors (Lipinski definition) is 0. The number of para-hydroxylation sites is 4. The molecule has 3 aromatic heterocycles. The summed E-state index contributed by atoms with van der Waals surface area (Å²) in [5, 5.41) is 4.68. The summed E-state index contributed by atoms with van der Waals surface area (Å²) in [7, 11) is 0. The summed E-state index contributed by atoms with van der Waals surface area (Å²) in [5.74, 6) is 1.82. The Labute approximate surface area is 224 Å². The van der Waals surface area contributed by atoms with Gasteiger partial charge in [0.15, 0.2) is 5.82 Å². The molecule has 0 fully saturated rings. The van der Waals surface area contributed by atoms with Crippen molar-refractivity contribution in [3.05, 3.63) is 127 Å². The molecule has 5 nitrogen and oxygen atoms in total. The summed E-state index contributed by atoms with van der Waals surface area (Å²) in [6.45, 7) is 2.09. The van der Waals surface area contributed by atoms with Crippen LogP contribution in [0.5, 0.6) is 0 Å². The molecule has 8 rings (SSSR count). The average molecular weight is 502 g/mol. The van der Waals surface area contributed by atoms with Gasteiger partial charge in [-0.1, -0.05) is 103 Å². The van der Waals surface area contributed by atoms with Crippen molar-refractivity contribution < 1.29 is 0 Å². The first kappa shape index (κ1) is 21.8. The monoisotopic (exact) mass is 501 g/mol. The van der Waals surface area contributed by atoms with E-state index in [1.807, 2.05) is 0 Å². The van der Waals surface area contributed by atoms with Crippen LogP contribution < -0.4 is 0 Å². The second-order valence-corrected chi connectivity index (χ2v) is 9.86. The summed E-state index contributed by atoms with van der Waals surface area (Å²) in [4.78, 5) is 15.3. The molecule has 0 saturated heterocycles. The molecule has 5 heteroatoms. The van der Waals surface area contributed by atoms with E-state index in [9.17, 15) is 0 Å². The first-order chi connectivity index (χ1) is 19.3. The van der Waals surface area contributed by atoms with Gasteiger partial charge in [0, 0.05) is 27.1 Å². The molecule has 0 unspecified atom stereocenters. The first-order valence-corrected chi connectivity index (χ1v) is 13.1. The number of hydrogen-bond acceptors (Lipinski definition) is 3. The van der Waals surface area contributed by atoms with Crippen LogP contribution >= 0.6 is 0 Å². The minimum atomic E-state index is 0.592. The van der Waals surface area contributed by atoms with Crippen molar-refractivity contribution in [1.29, 1.82) is 0 Å². The summed E-state index contributed by atoms with van der Waals surface area (Å²) in [6, 6.07) is 42.1. The topological polar surface area (TPSA) is 48.5 Å². The standard InChI is InChI=1S/C34H23N5/c1-22-18-20-23(21-19-22)32-35-33(38-28-14-6-2-10-24(28)25-11-3-7-15-29(25)38)37-34(36-32)39-30-16-8-4-12-26(30)27-13-5-9-17-31(27)39/h2-21H,1H3. The normalized spacial score (nSPS) is 11.7. The zero-order chi connectivity index (χ0) is 25.9. The van der Waals surface area contributed by atoms with Gasteiger partial charge in [-0.3, -0.25) is 9.13 Å². The molecular formula is C34H23N5. The predicted octanol–water partition coefficient (Wildman–Crippen LogP) is 8.04. The lowest BCUT2D eigenvalue weighted by molar-refractivity contribution is 0.893. The zero-order valence-corrected chi connectivity index (χ0v) is 21.3. The molecule has 0 spiro atoms. The lowest BCUT2D eigenvalue weighted by Gasteiger charge is -2.12. The number of aromatic nitrogens is 5. The van der Waals surface area contributed by atoms with Gasteiger partial charge in [0.2, 0.25) is 11.9 Å². The minimum Gasteiger partial charge on any atom is -0.278 e. The Morgan fingerprint density at radius 1 is 0.410 bits per heavy atom. The van der Waals surface area contributed by atoms with Crippen molar-refractivity contribution in [3.8, 4) is 23.3 Å². The highest BCUT2D eigenvalue weighted by Gasteiger charge is 2.19. The maximum absolute atomic E-state index is 5.17. The number of benzene rings is 5. The van der Waals surface area contributed by atoms with Crippen LogP contribution in [0.2, 0.25) is 0 Å². The highest BCUT2D eigenvalue weighted by molar-refractivity contribution is 6.10. The van der Waals surface area contributed by atoms with Crippen LogP contribution in [0, 0.1) is 6.92 Å². The first-order valence-electron chi connectivity index (χ1n) is 13.1.